The monoisotopic (exact) mass is 395 g/mol. The lowest BCUT2D eigenvalue weighted by atomic mass is 10.1. The van der Waals surface area contributed by atoms with Crippen LogP contribution in [-0.4, -0.2) is 21.7 Å². The molecule has 3 aromatic rings. The standard InChI is InChI=1S/C22H21NO4S/c1-16-9-10-17(2)20(13-16)23-15-18-11-12-21(22(14-18)26-3)27-28(24,25)19-7-5-4-6-8-19/h4-15H,1-3H3. The molecule has 0 heterocycles. The van der Waals surface area contributed by atoms with Gasteiger partial charge in [-0.1, -0.05) is 30.3 Å². The van der Waals surface area contributed by atoms with Crippen molar-refractivity contribution in [3.05, 3.63) is 83.4 Å². The van der Waals surface area contributed by atoms with E-state index in [0.29, 0.717) is 5.75 Å². The molecule has 6 heteroatoms. The van der Waals surface area contributed by atoms with Crippen LogP contribution in [0, 0.1) is 13.8 Å². The van der Waals surface area contributed by atoms with Crippen molar-refractivity contribution in [2.24, 2.45) is 4.99 Å². The zero-order chi connectivity index (χ0) is 20.1. The van der Waals surface area contributed by atoms with Crippen LogP contribution in [0.1, 0.15) is 16.7 Å². The largest absolute Gasteiger partial charge is 0.493 e. The van der Waals surface area contributed by atoms with E-state index in [1.165, 1.54) is 19.2 Å². The topological polar surface area (TPSA) is 65.0 Å². The van der Waals surface area contributed by atoms with Crippen LogP contribution in [0.3, 0.4) is 0 Å². The van der Waals surface area contributed by atoms with Gasteiger partial charge in [-0.05, 0) is 66.9 Å². The minimum Gasteiger partial charge on any atom is -0.493 e. The lowest BCUT2D eigenvalue weighted by Crippen LogP contribution is -2.10. The molecule has 0 saturated carbocycles. The molecule has 28 heavy (non-hydrogen) atoms. The maximum absolute atomic E-state index is 12.4. The first-order valence-electron chi connectivity index (χ1n) is 8.68. The molecule has 0 saturated heterocycles. The van der Waals surface area contributed by atoms with Crippen LogP contribution in [0.4, 0.5) is 5.69 Å². The molecule has 0 aliphatic carbocycles. The molecule has 0 unspecified atom stereocenters. The minimum absolute atomic E-state index is 0.0811. The molecule has 5 nitrogen and oxygen atoms in total. The third kappa shape index (κ3) is 4.58. The summed E-state index contributed by atoms with van der Waals surface area (Å²) in [5, 5.41) is 0. The van der Waals surface area contributed by atoms with Gasteiger partial charge in [-0.3, -0.25) is 4.99 Å². The number of hydrogen-bond donors (Lipinski definition) is 0. The average Bonchev–Trinajstić information content (AvgIpc) is 2.70. The molecular weight excluding hydrogens is 374 g/mol. The van der Waals surface area contributed by atoms with Gasteiger partial charge < -0.3 is 8.92 Å². The van der Waals surface area contributed by atoms with Crippen LogP contribution in [0.5, 0.6) is 11.5 Å². The van der Waals surface area contributed by atoms with Crippen molar-refractivity contribution < 1.29 is 17.3 Å². The Kier molecular flexibility index (Phi) is 5.80. The fraction of sp³-hybridized carbons (Fsp3) is 0.136. The maximum Gasteiger partial charge on any atom is 0.339 e. The molecule has 0 N–H and O–H groups in total. The highest BCUT2D eigenvalue weighted by Crippen LogP contribution is 2.30. The van der Waals surface area contributed by atoms with Gasteiger partial charge >= 0.3 is 10.1 Å². The van der Waals surface area contributed by atoms with Gasteiger partial charge in [-0.25, -0.2) is 0 Å². The number of hydrogen-bond acceptors (Lipinski definition) is 5. The van der Waals surface area contributed by atoms with E-state index in [4.69, 9.17) is 8.92 Å². The fourth-order valence-electron chi connectivity index (χ4n) is 2.59. The highest BCUT2D eigenvalue weighted by molar-refractivity contribution is 7.87. The molecule has 0 atom stereocenters. The summed E-state index contributed by atoms with van der Waals surface area (Å²) < 4.78 is 35.4. The predicted octanol–water partition coefficient (Wildman–Crippen LogP) is 4.83. The Morgan fingerprint density at radius 2 is 1.64 bits per heavy atom. The van der Waals surface area contributed by atoms with E-state index in [1.54, 1.807) is 42.6 Å². The Morgan fingerprint density at radius 3 is 2.36 bits per heavy atom. The second kappa shape index (κ2) is 8.27. The molecule has 0 aliphatic heterocycles. The van der Waals surface area contributed by atoms with Gasteiger partial charge in [0.1, 0.15) is 4.90 Å². The molecule has 144 valence electrons. The number of ether oxygens (including phenoxy) is 1. The first-order chi connectivity index (χ1) is 13.4. The summed E-state index contributed by atoms with van der Waals surface area (Å²) in [6.45, 7) is 4.01. The molecule has 3 rings (SSSR count). The van der Waals surface area contributed by atoms with Crippen LogP contribution in [-0.2, 0) is 10.1 Å². The molecule has 0 radical (unpaired) electrons. The van der Waals surface area contributed by atoms with Crippen LogP contribution in [0.25, 0.3) is 0 Å². The van der Waals surface area contributed by atoms with Gasteiger partial charge in [-0.15, -0.1) is 0 Å². The quantitative estimate of drug-likeness (QED) is 0.443. The predicted molar refractivity (Wildman–Crippen MR) is 110 cm³/mol. The van der Waals surface area contributed by atoms with Crippen LogP contribution in [0.15, 0.2) is 76.6 Å². The van der Waals surface area contributed by atoms with Crippen molar-refractivity contribution in [2.75, 3.05) is 7.11 Å². The number of aryl methyl sites for hydroxylation is 2. The van der Waals surface area contributed by atoms with Gasteiger partial charge in [0.05, 0.1) is 12.8 Å². The summed E-state index contributed by atoms with van der Waals surface area (Å²) >= 11 is 0. The van der Waals surface area contributed by atoms with E-state index in [1.807, 2.05) is 32.0 Å². The number of benzene rings is 3. The summed E-state index contributed by atoms with van der Waals surface area (Å²) in [4.78, 5) is 4.61. The summed E-state index contributed by atoms with van der Waals surface area (Å²) in [6.07, 6.45) is 1.71. The van der Waals surface area contributed by atoms with Crippen molar-refractivity contribution in [1.82, 2.24) is 0 Å². The number of rotatable bonds is 6. The highest BCUT2D eigenvalue weighted by Gasteiger charge is 2.18. The van der Waals surface area contributed by atoms with Crippen molar-refractivity contribution in [2.45, 2.75) is 18.7 Å². The zero-order valence-electron chi connectivity index (χ0n) is 15.9. The lowest BCUT2D eigenvalue weighted by Gasteiger charge is -2.11. The van der Waals surface area contributed by atoms with Crippen molar-refractivity contribution in [3.63, 3.8) is 0 Å². The molecule has 3 aromatic carbocycles. The molecule has 0 spiro atoms. The zero-order valence-corrected chi connectivity index (χ0v) is 16.7. The number of methoxy groups -OCH3 is 1. The van der Waals surface area contributed by atoms with Crippen LogP contribution in [0.2, 0.25) is 0 Å². The van der Waals surface area contributed by atoms with E-state index in [2.05, 4.69) is 4.99 Å². The maximum atomic E-state index is 12.4. The Hall–Kier alpha value is -3.12. The minimum atomic E-state index is -3.94. The summed E-state index contributed by atoms with van der Waals surface area (Å²) in [7, 11) is -2.48. The third-order valence-electron chi connectivity index (χ3n) is 4.14. The van der Waals surface area contributed by atoms with E-state index in [0.717, 1.165) is 22.4 Å². The number of nitrogens with zero attached hydrogens (tertiary/aromatic N) is 1. The van der Waals surface area contributed by atoms with E-state index < -0.39 is 10.1 Å². The Balaban J connectivity index is 1.86. The highest BCUT2D eigenvalue weighted by atomic mass is 32.2. The Morgan fingerprint density at radius 1 is 0.893 bits per heavy atom. The summed E-state index contributed by atoms with van der Waals surface area (Å²) in [5.74, 6) is 0.430. The van der Waals surface area contributed by atoms with E-state index >= 15 is 0 Å². The van der Waals surface area contributed by atoms with Crippen molar-refractivity contribution in [1.29, 1.82) is 0 Å². The van der Waals surface area contributed by atoms with Gasteiger partial charge in [-0.2, -0.15) is 8.42 Å². The number of aliphatic imine (C=N–C) groups is 1. The van der Waals surface area contributed by atoms with Crippen LogP contribution < -0.4 is 8.92 Å². The molecule has 0 aromatic heterocycles. The Bertz CT molecular complexity index is 1110. The normalized spacial score (nSPS) is 11.5. The summed E-state index contributed by atoms with van der Waals surface area (Å²) in [5.41, 5.74) is 3.85. The second-order valence-corrected chi connectivity index (χ2v) is 7.86. The van der Waals surface area contributed by atoms with Crippen molar-refractivity contribution >= 4 is 22.0 Å². The average molecular weight is 395 g/mol. The van der Waals surface area contributed by atoms with E-state index in [9.17, 15) is 8.42 Å². The van der Waals surface area contributed by atoms with Gasteiger partial charge in [0.25, 0.3) is 0 Å². The first-order valence-corrected chi connectivity index (χ1v) is 10.1. The van der Waals surface area contributed by atoms with Crippen LogP contribution >= 0.6 is 0 Å². The first kappa shape index (κ1) is 19.6. The third-order valence-corrected chi connectivity index (χ3v) is 5.38. The molecule has 0 bridgehead atoms. The van der Waals surface area contributed by atoms with Gasteiger partial charge in [0, 0.05) is 6.21 Å². The molecule has 0 fully saturated rings. The molecular formula is C22H21NO4S. The Labute approximate surface area is 165 Å². The molecule has 0 amide bonds. The lowest BCUT2D eigenvalue weighted by molar-refractivity contribution is 0.390. The SMILES string of the molecule is COc1cc(C=Nc2cc(C)ccc2C)ccc1OS(=O)(=O)c1ccccc1. The van der Waals surface area contributed by atoms with Gasteiger partial charge in [0.2, 0.25) is 0 Å². The smallest absolute Gasteiger partial charge is 0.339 e. The van der Waals surface area contributed by atoms with Crippen molar-refractivity contribution in [3.8, 4) is 11.5 Å². The fourth-order valence-corrected chi connectivity index (χ4v) is 3.55. The summed E-state index contributed by atoms with van der Waals surface area (Å²) in [6, 6.07) is 19.0. The second-order valence-electron chi connectivity index (χ2n) is 6.31. The molecule has 0 aliphatic rings. The van der Waals surface area contributed by atoms with Gasteiger partial charge in [0.15, 0.2) is 11.5 Å². The van der Waals surface area contributed by atoms with E-state index in [-0.39, 0.29) is 10.6 Å².